The Bertz CT molecular complexity index is 1290. The summed E-state index contributed by atoms with van der Waals surface area (Å²) in [7, 11) is 4.12. The smallest absolute Gasteiger partial charge is 0.231 e. The second-order valence-electron chi connectivity index (χ2n) is 10.00. The summed E-state index contributed by atoms with van der Waals surface area (Å²) in [5, 5.41) is 13.5. The van der Waals surface area contributed by atoms with E-state index in [1.54, 1.807) is 6.33 Å². The Kier molecular flexibility index (Phi) is 9.23. The molecule has 0 unspecified atom stereocenters. The van der Waals surface area contributed by atoms with E-state index in [1.165, 1.54) is 0 Å². The fourth-order valence-electron chi connectivity index (χ4n) is 4.86. The Morgan fingerprint density at radius 2 is 1.97 bits per heavy atom. The molecule has 0 amide bonds. The minimum absolute atomic E-state index is 0.149. The van der Waals surface area contributed by atoms with Crippen molar-refractivity contribution in [2.24, 2.45) is 0 Å². The molecule has 0 spiro atoms. The van der Waals surface area contributed by atoms with Gasteiger partial charge in [0.2, 0.25) is 6.79 Å². The molecule has 3 heterocycles. The first kappa shape index (κ1) is 27.7. The van der Waals surface area contributed by atoms with Gasteiger partial charge in [0.1, 0.15) is 12.1 Å². The lowest BCUT2D eigenvalue weighted by Crippen LogP contribution is -2.24. The van der Waals surface area contributed by atoms with Crippen molar-refractivity contribution in [3.8, 4) is 23.0 Å². The standard InChI is InChI=1S/C28H36BrN5O5/c1-33(9-10-35)8-6-12-37-24-15-22-20-14-23(24)36-11-5-3-4-7-34(2)16-19-13-21(29)26-27(39-18-38-26)25(19)32-28(20)31-17-30-22/h13-15,17,35H,3-12,16,18H2,1-2H3,(H,30,31,32). The lowest BCUT2D eigenvalue weighted by atomic mass is 10.1. The third kappa shape index (κ3) is 6.66. The number of ether oxygens (including phenoxy) is 4. The molecule has 2 bridgehead atoms. The van der Waals surface area contributed by atoms with Gasteiger partial charge in [0.15, 0.2) is 23.0 Å². The van der Waals surface area contributed by atoms with Crippen LogP contribution in [-0.4, -0.2) is 85.2 Å². The predicted octanol–water partition coefficient (Wildman–Crippen LogP) is 4.55. The van der Waals surface area contributed by atoms with Crippen molar-refractivity contribution in [2.45, 2.75) is 32.2 Å². The normalized spacial score (nSPS) is 15.9. The van der Waals surface area contributed by atoms with E-state index in [-0.39, 0.29) is 13.4 Å². The van der Waals surface area contributed by atoms with Crippen LogP contribution in [0.1, 0.15) is 31.2 Å². The van der Waals surface area contributed by atoms with Crippen molar-refractivity contribution in [3.05, 3.63) is 34.6 Å². The van der Waals surface area contributed by atoms with Gasteiger partial charge in [0.05, 0.1) is 35.5 Å². The highest BCUT2D eigenvalue weighted by Gasteiger charge is 2.26. The maximum atomic E-state index is 9.13. The summed E-state index contributed by atoms with van der Waals surface area (Å²) in [5.41, 5.74) is 2.67. The molecule has 0 radical (unpaired) electrons. The number of benzene rings is 2. The predicted molar refractivity (Wildman–Crippen MR) is 153 cm³/mol. The van der Waals surface area contributed by atoms with Gasteiger partial charge >= 0.3 is 0 Å². The number of hydrogen-bond acceptors (Lipinski definition) is 10. The third-order valence-corrected chi connectivity index (χ3v) is 7.52. The summed E-state index contributed by atoms with van der Waals surface area (Å²) in [5.74, 6) is 3.36. The van der Waals surface area contributed by atoms with Crippen molar-refractivity contribution < 1.29 is 24.1 Å². The van der Waals surface area contributed by atoms with Crippen LogP contribution in [0.15, 0.2) is 29.0 Å². The molecule has 0 aliphatic carbocycles. The van der Waals surface area contributed by atoms with Gasteiger partial charge in [-0.25, -0.2) is 9.97 Å². The molecule has 0 saturated heterocycles. The van der Waals surface area contributed by atoms with Crippen molar-refractivity contribution >= 4 is 38.3 Å². The highest BCUT2D eigenvalue weighted by Crippen LogP contribution is 2.48. The molecule has 210 valence electrons. The van der Waals surface area contributed by atoms with Gasteiger partial charge in [-0.1, -0.05) is 0 Å². The number of fused-ring (bicyclic) bond motifs is 4. The average molecular weight is 603 g/mol. The van der Waals surface area contributed by atoms with Crippen molar-refractivity contribution in [2.75, 3.05) is 65.7 Å². The molecule has 0 fully saturated rings. The van der Waals surface area contributed by atoms with Crippen molar-refractivity contribution in [1.82, 2.24) is 19.8 Å². The van der Waals surface area contributed by atoms with E-state index >= 15 is 0 Å². The molecule has 2 aromatic carbocycles. The number of nitrogens with zero attached hydrogens (tertiary/aromatic N) is 4. The number of aliphatic hydroxyl groups excluding tert-OH is 1. The highest BCUT2D eigenvalue weighted by atomic mass is 79.9. The maximum absolute atomic E-state index is 9.13. The molecule has 2 aliphatic rings. The van der Waals surface area contributed by atoms with E-state index in [2.05, 4.69) is 54.1 Å². The fraction of sp³-hybridized carbons (Fsp3) is 0.500. The number of likely N-dealkylation sites (N-methyl/N-ethyl adjacent to an activating group) is 1. The Balaban J connectivity index is 1.49. The summed E-state index contributed by atoms with van der Waals surface area (Å²) >= 11 is 3.66. The summed E-state index contributed by atoms with van der Waals surface area (Å²) in [4.78, 5) is 13.5. The Labute approximate surface area is 237 Å². The molecular formula is C28H36BrN5O5. The first-order valence-electron chi connectivity index (χ1n) is 13.4. The van der Waals surface area contributed by atoms with E-state index in [4.69, 9.17) is 24.1 Å². The molecule has 39 heavy (non-hydrogen) atoms. The number of halogens is 1. The summed E-state index contributed by atoms with van der Waals surface area (Å²) < 4.78 is 25.0. The van der Waals surface area contributed by atoms with Crippen molar-refractivity contribution in [1.29, 1.82) is 0 Å². The van der Waals surface area contributed by atoms with Crippen LogP contribution in [0, 0.1) is 0 Å². The van der Waals surface area contributed by atoms with Gasteiger partial charge in [-0.05, 0) is 79.9 Å². The summed E-state index contributed by atoms with van der Waals surface area (Å²) in [6.45, 7) is 4.65. The number of aromatic nitrogens is 2. The lowest BCUT2D eigenvalue weighted by molar-refractivity contribution is 0.174. The number of nitrogens with one attached hydrogen (secondary N) is 1. The second-order valence-corrected chi connectivity index (χ2v) is 10.9. The van der Waals surface area contributed by atoms with E-state index in [0.29, 0.717) is 48.6 Å². The summed E-state index contributed by atoms with van der Waals surface area (Å²) in [6.07, 6.45) is 5.47. The minimum atomic E-state index is 0.149. The van der Waals surface area contributed by atoms with E-state index in [1.807, 2.05) is 19.2 Å². The third-order valence-electron chi connectivity index (χ3n) is 6.93. The molecule has 2 N–H and O–H groups in total. The van der Waals surface area contributed by atoms with E-state index in [0.717, 1.165) is 71.9 Å². The van der Waals surface area contributed by atoms with Gasteiger partial charge in [-0.2, -0.15) is 0 Å². The van der Waals surface area contributed by atoms with Gasteiger partial charge in [-0.15, -0.1) is 0 Å². The van der Waals surface area contributed by atoms with Crippen molar-refractivity contribution in [3.63, 3.8) is 0 Å². The second kappa shape index (κ2) is 13.0. The monoisotopic (exact) mass is 601 g/mol. The zero-order chi connectivity index (χ0) is 27.2. The number of anilines is 2. The molecule has 3 aromatic rings. The molecule has 5 rings (SSSR count). The Morgan fingerprint density at radius 1 is 1.10 bits per heavy atom. The molecule has 10 nitrogen and oxygen atoms in total. The van der Waals surface area contributed by atoms with Crippen LogP contribution in [0.5, 0.6) is 23.0 Å². The summed E-state index contributed by atoms with van der Waals surface area (Å²) in [6, 6.07) is 5.98. The lowest BCUT2D eigenvalue weighted by Gasteiger charge is -2.21. The number of hydrogen-bond donors (Lipinski definition) is 2. The van der Waals surface area contributed by atoms with Crippen LogP contribution in [-0.2, 0) is 6.54 Å². The zero-order valence-corrected chi connectivity index (χ0v) is 24.1. The topological polar surface area (TPSA) is 101 Å². The van der Waals surface area contributed by atoms with Gasteiger partial charge in [-0.3, -0.25) is 0 Å². The zero-order valence-electron chi connectivity index (χ0n) is 22.5. The van der Waals surface area contributed by atoms with Gasteiger partial charge in [0, 0.05) is 31.1 Å². The number of rotatable bonds is 7. The van der Waals surface area contributed by atoms with Crippen LogP contribution >= 0.6 is 15.9 Å². The quantitative estimate of drug-likeness (QED) is 0.375. The molecule has 2 aliphatic heterocycles. The molecular weight excluding hydrogens is 566 g/mol. The minimum Gasteiger partial charge on any atom is -0.490 e. The van der Waals surface area contributed by atoms with Crippen LogP contribution < -0.4 is 24.3 Å². The first-order valence-corrected chi connectivity index (χ1v) is 14.2. The van der Waals surface area contributed by atoms with Crippen LogP contribution in [0.3, 0.4) is 0 Å². The van der Waals surface area contributed by atoms with Gasteiger partial charge < -0.3 is 39.2 Å². The largest absolute Gasteiger partial charge is 0.490 e. The van der Waals surface area contributed by atoms with E-state index in [9.17, 15) is 0 Å². The molecule has 11 heteroatoms. The first-order chi connectivity index (χ1) is 19.0. The number of aliphatic hydroxyl groups is 1. The molecule has 1 aromatic heterocycles. The van der Waals surface area contributed by atoms with Crippen LogP contribution in [0.25, 0.3) is 10.9 Å². The maximum Gasteiger partial charge on any atom is 0.231 e. The molecule has 0 saturated carbocycles. The Hall–Kier alpha value is -2.86. The average Bonchev–Trinajstić information content (AvgIpc) is 3.41. The van der Waals surface area contributed by atoms with Crippen LogP contribution in [0.4, 0.5) is 11.5 Å². The van der Waals surface area contributed by atoms with E-state index < -0.39 is 0 Å². The Morgan fingerprint density at radius 3 is 2.85 bits per heavy atom. The van der Waals surface area contributed by atoms with Gasteiger partial charge in [0.25, 0.3) is 0 Å². The van der Waals surface area contributed by atoms with Crippen LogP contribution in [0.2, 0.25) is 0 Å². The highest BCUT2D eigenvalue weighted by molar-refractivity contribution is 9.10. The SMILES string of the molecule is CN(CCO)CCCOc1cc2ncnc3c2cc1OCCCCCN(C)Cc1cc(Br)c2c(c1N3)OCO2. The molecule has 0 atom stereocenters. The fourth-order valence-corrected chi connectivity index (χ4v) is 5.43.